The van der Waals surface area contributed by atoms with E-state index in [2.05, 4.69) is 25.3 Å². The fraction of sp³-hybridized carbons (Fsp3) is 0.556. The first-order chi connectivity index (χ1) is 13.2. The molecule has 0 radical (unpaired) electrons. The van der Waals surface area contributed by atoms with Gasteiger partial charge < -0.3 is 19.9 Å². The molecule has 2 amide bonds. The summed E-state index contributed by atoms with van der Waals surface area (Å²) in [6, 6.07) is 1.78. The number of amides is 2. The van der Waals surface area contributed by atoms with Crippen LogP contribution in [0, 0.1) is 0 Å². The molecular formula is C18H25N7O2. The maximum absolute atomic E-state index is 12.5. The number of carbonyl (C=O) groups is 1. The van der Waals surface area contributed by atoms with E-state index in [9.17, 15) is 4.79 Å². The first kappa shape index (κ1) is 17.7. The molecular weight excluding hydrogens is 346 g/mol. The largest absolute Gasteiger partial charge is 0.368 e. The molecule has 1 atom stereocenters. The smallest absolute Gasteiger partial charge is 0.317 e. The number of morpholine rings is 1. The summed E-state index contributed by atoms with van der Waals surface area (Å²) in [6.07, 6.45) is 7.55. The second-order valence-electron chi connectivity index (χ2n) is 6.96. The van der Waals surface area contributed by atoms with Crippen molar-refractivity contribution in [3.63, 3.8) is 0 Å². The summed E-state index contributed by atoms with van der Waals surface area (Å²) in [6.45, 7) is 4.00. The van der Waals surface area contributed by atoms with Gasteiger partial charge in [-0.05, 0) is 18.9 Å². The molecule has 0 aromatic carbocycles. The molecule has 1 N–H and O–H groups in total. The van der Waals surface area contributed by atoms with Gasteiger partial charge in [-0.2, -0.15) is 5.10 Å². The highest BCUT2D eigenvalue weighted by Gasteiger charge is 2.27. The normalized spacial score (nSPS) is 20.1. The van der Waals surface area contributed by atoms with Crippen molar-refractivity contribution < 1.29 is 9.53 Å². The summed E-state index contributed by atoms with van der Waals surface area (Å²) in [5.74, 6) is 0.756. The maximum atomic E-state index is 12.5. The Hall–Kier alpha value is -2.68. The highest BCUT2D eigenvalue weighted by Crippen LogP contribution is 2.23. The summed E-state index contributed by atoms with van der Waals surface area (Å²) in [5, 5.41) is 7.06. The van der Waals surface area contributed by atoms with Gasteiger partial charge in [0.25, 0.3) is 0 Å². The molecule has 9 nitrogen and oxygen atoms in total. The molecule has 2 fully saturated rings. The van der Waals surface area contributed by atoms with E-state index >= 15 is 0 Å². The molecule has 0 saturated carbocycles. The number of urea groups is 1. The summed E-state index contributed by atoms with van der Waals surface area (Å²) < 4.78 is 7.61. The lowest BCUT2D eigenvalue weighted by Gasteiger charge is -2.32. The summed E-state index contributed by atoms with van der Waals surface area (Å²) in [4.78, 5) is 25.6. The van der Waals surface area contributed by atoms with Crippen LogP contribution in [0.3, 0.4) is 0 Å². The van der Waals surface area contributed by atoms with E-state index in [1.807, 2.05) is 19.3 Å². The lowest BCUT2D eigenvalue weighted by molar-refractivity contribution is -0.0176. The van der Waals surface area contributed by atoms with Crippen LogP contribution in [0.2, 0.25) is 0 Å². The van der Waals surface area contributed by atoms with E-state index in [1.165, 1.54) is 12.8 Å². The first-order valence-electron chi connectivity index (χ1n) is 9.39. The average molecular weight is 371 g/mol. The van der Waals surface area contributed by atoms with Gasteiger partial charge >= 0.3 is 6.03 Å². The molecule has 27 heavy (non-hydrogen) atoms. The van der Waals surface area contributed by atoms with Crippen LogP contribution in [0.1, 0.15) is 30.2 Å². The fourth-order valence-electron chi connectivity index (χ4n) is 3.48. The van der Waals surface area contributed by atoms with Crippen LogP contribution in [-0.4, -0.2) is 63.5 Å². The Morgan fingerprint density at radius 2 is 2.19 bits per heavy atom. The third-order valence-corrected chi connectivity index (χ3v) is 4.94. The van der Waals surface area contributed by atoms with Crippen molar-refractivity contribution in [2.45, 2.75) is 25.5 Å². The van der Waals surface area contributed by atoms with Gasteiger partial charge in [0.1, 0.15) is 6.10 Å². The molecule has 0 bridgehead atoms. The predicted molar refractivity (Wildman–Crippen MR) is 99.2 cm³/mol. The van der Waals surface area contributed by atoms with Gasteiger partial charge in [-0.1, -0.05) is 0 Å². The highest BCUT2D eigenvalue weighted by atomic mass is 16.5. The van der Waals surface area contributed by atoms with Gasteiger partial charge in [0.2, 0.25) is 5.95 Å². The second kappa shape index (κ2) is 7.91. The molecule has 2 aliphatic heterocycles. The SMILES string of the molecule is Cn1cc(CNC(=O)N2CCO[C@@H](c3ccnc(N4CCCC4)n3)C2)cn1. The maximum Gasteiger partial charge on any atom is 0.317 e. The van der Waals surface area contributed by atoms with Crippen LogP contribution in [-0.2, 0) is 18.3 Å². The number of hydrogen-bond acceptors (Lipinski definition) is 6. The summed E-state index contributed by atoms with van der Waals surface area (Å²) in [5.41, 5.74) is 1.80. The van der Waals surface area contributed by atoms with Crippen LogP contribution in [0.5, 0.6) is 0 Å². The van der Waals surface area contributed by atoms with Crippen molar-refractivity contribution in [2.24, 2.45) is 7.05 Å². The topological polar surface area (TPSA) is 88.4 Å². The number of carbonyl (C=O) groups excluding carboxylic acids is 1. The molecule has 9 heteroatoms. The van der Waals surface area contributed by atoms with Crippen molar-refractivity contribution >= 4 is 12.0 Å². The van der Waals surface area contributed by atoms with Crippen molar-refractivity contribution in [3.05, 3.63) is 35.9 Å². The van der Waals surface area contributed by atoms with Gasteiger partial charge in [0.15, 0.2) is 0 Å². The molecule has 2 aliphatic rings. The zero-order valence-corrected chi connectivity index (χ0v) is 15.5. The van der Waals surface area contributed by atoms with Gasteiger partial charge in [0.05, 0.1) is 25.0 Å². The number of nitrogens with zero attached hydrogens (tertiary/aromatic N) is 6. The summed E-state index contributed by atoms with van der Waals surface area (Å²) in [7, 11) is 1.86. The van der Waals surface area contributed by atoms with Crippen LogP contribution < -0.4 is 10.2 Å². The van der Waals surface area contributed by atoms with Crippen LogP contribution >= 0.6 is 0 Å². The number of hydrogen-bond donors (Lipinski definition) is 1. The van der Waals surface area contributed by atoms with Gasteiger partial charge in [-0.3, -0.25) is 4.68 Å². The lowest BCUT2D eigenvalue weighted by Crippen LogP contribution is -2.47. The van der Waals surface area contributed by atoms with Crippen molar-refractivity contribution in [1.29, 1.82) is 0 Å². The van der Waals surface area contributed by atoms with E-state index in [0.717, 1.165) is 30.3 Å². The Bertz CT molecular complexity index is 788. The Kier molecular flexibility index (Phi) is 5.19. The highest BCUT2D eigenvalue weighted by molar-refractivity contribution is 5.74. The third-order valence-electron chi connectivity index (χ3n) is 4.94. The Morgan fingerprint density at radius 1 is 1.33 bits per heavy atom. The minimum atomic E-state index is -0.229. The van der Waals surface area contributed by atoms with E-state index < -0.39 is 0 Å². The standard InChI is InChI=1S/C18H25N7O2/c1-23-12-14(11-21-23)10-20-18(26)25-8-9-27-16(13-25)15-4-5-19-17(22-15)24-6-2-3-7-24/h4-5,11-12,16H,2-3,6-10,13H2,1H3,(H,20,26)/t16-/m1/s1. The molecule has 2 saturated heterocycles. The third kappa shape index (κ3) is 4.19. The molecule has 0 aliphatic carbocycles. The van der Waals surface area contributed by atoms with Crippen LogP contribution in [0.25, 0.3) is 0 Å². The van der Waals surface area contributed by atoms with Crippen LogP contribution in [0.15, 0.2) is 24.7 Å². The number of aryl methyl sites for hydroxylation is 1. The van der Waals surface area contributed by atoms with Gasteiger partial charge in [-0.25, -0.2) is 14.8 Å². The minimum absolute atomic E-state index is 0.0963. The molecule has 4 rings (SSSR count). The van der Waals surface area contributed by atoms with E-state index in [-0.39, 0.29) is 12.1 Å². The molecule has 2 aromatic rings. The van der Waals surface area contributed by atoms with Crippen molar-refractivity contribution in [1.82, 2.24) is 30.0 Å². The second-order valence-corrected chi connectivity index (χ2v) is 6.96. The summed E-state index contributed by atoms with van der Waals surface area (Å²) >= 11 is 0. The Balaban J connectivity index is 1.37. The van der Waals surface area contributed by atoms with Crippen molar-refractivity contribution in [2.75, 3.05) is 37.7 Å². The number of ether oxygens (including phenoxy) is 1. The number of nitrogens with one attached hydrogen (secondary N) is 1. The number of aromatic nitrogens is 4. The molecule has 0 unspecified atom stereocenters. The zero-order chi connectivity index (χ0) is 18.6. The van der Waals surface area contributed by atoms with Crippen molar-refractivity contribution in [3.8, 4) is 0 Å². The minimum Gasteiger partial charge on any atom is -0.368 e. The Morgan fingerprint density at radius 3 is 2.96 bits per heavy atom. The molecule has 2 aromatic heterocycles. The quantitative estimate of drug-likeness (QED) is 0.866. The van der Waals surface area contributed by atoms with E-state index in [4.69, 9.17) is 4.74 Å². The molecule has 4 heterocycles. The lowest BCUT2D eigenvalue weighted by atomic mass is 10.2. The van der Waals surface area contributed by atoms with Crippen LogP contribution in [0.4, 0.5) is 10.7 Å². The monoisotopic (exact) mass is 371 g/mol. The average Bonchev–Trinajstić information content (AvgIpc) is 3.38. The van der Waals surface area contributed by atoms with E-state index in [1.54, 1.807) is 22.0 Å². The number of rotatable bonds is 4. The zero-order valence-electron chi connectivity index (χ0n) is 15.5. The first-order valence-corrected chi connectivity index (χ1v) is 9.39. The van der Waals surface area contributed by atoms with E-state index in [0.29, 0.717) is 26.2 Å². The molecule has 0 spiro atoms. The predicted octanol–water partition coefficient (Wildman–Crippen LogP) is 1.09. The molecule has 144 valence electrons. The Labute approximate surface area is 158 Å². The van der Waals surface area contributed by atoms with Gasteiger partial charge in [-0.15, -0.1) is 0 Å². The number of anilines is 1. The van der Waals surface area contributed by atoms with Gasteiger partial charge in [0, 0.05) is 51.2 Å². The fourth-order valence-corrected chi connectivity index (χ4v) is 3.48.